The van der Waals surface area contributed by atoms with Crippen LogP contribution in [0.5, 0.6) is 17.2 Å². The molecule has 9 nitrogen and oxygen atoms in total. The van der Waals surface area contributed by atoms with Crippen LogP contribution in [0.1, 0.15) is 35.2 Å². The monoisotopic (exact) mass is 570 g/mol. The Labute approximate surface area is 231 Å². The van der Waals surface area contributed by atoms with Gasteiger partial charge in [0.1, 0.15) is 23.9 Å². The number of ether oxygens (including phenoxy) is 1. The third-order valence-corrected chi connectivity index (χ3v) is 7.47. The van der Waals surface area contributed by atoms with Gasteiger partial charge in [-0.2, -0.15) is 8.42 Å². The number of hydrogen-bond acceptors (Lipinski definition) is 8. The molecular weight excluding hydrogens is 540 g/mol. The van der Waals surface area contributed by atoms with E-state index >= 15 is 0 Å². The molecule has 0 spiro atoms. The minimum absolute atomic E-state index is 0.0834. The number of phenols is 2. The van der Waals surface area contributed by atoms with Crippen LogP contribution in [-0.2, 0) is 10.3 Å². The molecule has 5 N–H and O–H groups in total. The van der Waals surface area contributed by atoms with Crippen LogP contribution < -0.4 is 9.88 Å². The first-order chi connectivity index (χ1) is 18.6. The Morgan fingerprint density at radius 1 is 0.923 bits per heavy atom. The molecule has 0 radical (unpaired) electrons. The van der Waals surface area contributed by atoms with E-state index in [1.807, 2.05) is 24.3 Å². The maximum Gasteiger partial charge on any atom is 0.330 e. The maximum atomic E-state index is 13.6. The number of piperidine rings is 1. The van der Waals surface area contributed by atoms with Gasteiger partial charge >= 0.3 is 10.3 Å². The number of thiophene rings is 1. The summed E-state index contributed by atoms with van der Waals surface area (Å²) in [5.74, 6) is 1.01. The molecule has 5 rings (SSSR count). The lowest BCUT2D eigenvalue weighted by atomic mass is 9.97. The highest BCUT2D eigenvalue weighted by atomic mass is 32.2. The topological polar surface area (TPSA) is 150 Å². The number of carbonyl (C=O) groups is 1. The van der Waals surface area contributed by atoms with E-state index in [0.29, 0.717) is 17.7 Å². The molecule has 0 atom stereocenters. The highest BCUT2D eigenvalue weighted by Crippen LogP contribution is 2.41. The van der Waals surface area contributed by atoms with Gasteiger partial charge in [-0.25, -0.2) is 5.14 Å². The van der Waals surface area contributed by atoms with Crippen molar-refractivity contribution >= 4 is 37.5 Å². The first kappa shape index (κ1) is 28.5. The SMILES string of the molecule is NS(=O)(=O)O.O=C(c1ccc(OCCN2CCCCC2)cc1)c1c(-c2ccc(O)cc2)sc2cc(O)ccc12. The summed E-state index contributed by atoms with van der Waals surface area (Å²) in [6.45, 7) is 3.85. The number of aromatic hydroxyl groups is 2. The van der Waals surface area contributed by atoms with Gasteiger partial charge in [0.2, 0.25) is 0 Å². The van der Waals surface area contributed by atoms with Crippen molar-refractivity contribution in [2.45, 2.75) is 19.3 Å². The molecule has 4 aromatic rings. The van der Waals surface area contributed by atoms with Gasteiger partial charge in [-0.05, 0) is 98.2 Å². The maximum absolute atomic E-state index is 13.6. The first-order valence-corrected chi connectivity index (χ1v) is 14.7. The van der Waals surface area contributed by atoms with E-state index in [1.165, 1.54) is 30.6 Å². The second-order valence-corrected chi connectivity index (χ2v) is 11.2. The van der Waals surface area contributed by atoms with E-state index < -0.39 is 10.3 Å². The van der Waals surface area contributed by atoms with Gasteiger partial charge in [0.25, 0.3) is 0 Å². The highest BCUT2D eigenvalue weighted by molar-refractivity contribution is 7.83. The minimum Gasteiger partial charge on any atom is -0.508 e. The number of nitrogens with zero attached hydrogens (tertiary/aromatic N) is 1. The van der Waals surface area contributed by atoms with Gasteiger partial charge in [0, 0.05) is 32.6 Å². The summed E-state index contributed by atoms with van der Waals surface area (Å²) in [5, 5.41) is 24.3. The number of rotatable bonds is 7. The Balaban J connectivity index is 0.000000648. The lowest BCUT2D eigenvalue weighted by Crippen LogP contribution is -2.33. The summed E-state index contributed by atoms with van der Waals surface area (Å²) in [6.07, 6.45) is 3.85. The third-order valence-electron chi connectivity index (χ3n) is 6.27. The average Bonchev–Trinajstić information content (AvgIpc) is 3.27. The second kappa shape index (κ2) is 12.6. The van der Waals surface area contributed by atoms with Crippen molar-refractivity contribution in [1.29, 1.82) is 0 Å². The van der Waals surface area contributed by atoms with Gasteiger partial charge in [-0.3, -0.25) is 14.2 Å². The minimum atomic E-state index is -4.17. The van der Waals surface area contributed by atoms with Gasteiger partial charge in [0.05, 0.1) is 0 Å². The molecular formula is C28H30N2O7S2. The quantitative estimate of drug-likeness (QED) is 0.182. The average molecular weight is 571 g/mol. The van der Waals surface area contributed by atoms with Crippen LogP contribution in [-0.4, -0.2) is 60.1 Å². The van der Waals surface area contributed by atoms with E-state index in [9.17, 15) is 15.0 Å². The molecule has 2 heterocycles. The zero-order chi connectivity index (χ0) is 28.0. The van der Waals surface area contributed by atoms with Gasteiger partial charge in [0.15, 0.2) is 5.78 Å². The van der Waals surface area contributed by atoms with Crippen LogP contribution in [0.2, 0.25) is 0 Å². The van der Waals surface area contributed by atoms with Crippen molar-refractivity contribution in [2.75, 3.05) is 26.2 Å². The lowest BCUT2D eigenvalue weighted by molar-refractivity contribution is 0.104. The molecule has 0 unspecified atom stereocenters. The largest absolute Gasteiger partial charge is 0.508 e. The smallest absolute Gasteiger partial charge is 0.330 e. The number of fused-ring (bicyclic) bond motifs is 1. The van der Waals surface area contributed by atoms with Gasteiger partial charge in [-0.1, -0.05) is 6.42 Å². The van der Waals surface area contributed by atoms with E-state index in [0.717, 1.165) is 45.9 Å². The highest BCUT2D eigenvalue weighted by Gasteiger charge is 2.22. The molecule has 0 saturated carbocycles. The summed E-state index contributed by atoms with van der Waals surface area (Å²) in [6, 6.07) is 19.2. The summed E-state index contributed by atoms with van der Waals surface area (Å²) < 4.78 is 32.0. The van der Waals surface area contributed by atoms with Gasteiger partial charge < -0.3 is 14.9 Å². The number of nitrogens with two attached hydrogens (primary N) is 1. The fourth-order valence-electron chi connectivity index (χ4n) is 4.45. The first-order valence-electron chi connectivity index (χ1n) is 12.4. The molecule has 0 bridgehead atoms. The second-order valence-electron chi connectivity index (χ2n) is 9.15. The van der Waals surface area contributed by atoms with Crippen LogP contribution in [0.25, 0.3) is 20.5 Å². The number of ketones is 1. The molecule has 1 aromatic heterocycles. The molecule has 206 valence electrons. The normalized spacial score (nSPS) is 14.0. The van der Waals surface area contributed by atoms with E-state index in [2.05, 4.69) is 10.0 Å². The van der Waals surface area contributed by atoms with Crippen LogP contribution >= 0.6 is 11.3 Å². The number of carbonyl (C=O) groups excluding carboxylic acids is 1. The van der Waals surface area contributed by atoms with Crippen molar-refractivity contribution in [3.63, 3.8) is 0 Å². The van der Waals surface area contributed by atoms with Crippen molar-refractivity contribution in [2.24, 2.45) is 5.14 Å². The van der Waals surface area contributed by atoms with E-state index in [-0.39, 0.29) is 17.3 Å². The third kappa shape index (κ3) is 8.01. The molecule has 1 fully saturated rings. The Kier molecular flexibility index (Phi) is 9.20. The molecule has 3 aromatic carbocycles. The summed E-state index contributed by atoms with van der Waals surface area (Å²) in [5.41, 5.74) is 2.03. The molecule has 1 aliphatic rings. The molecule has 1 aliphatic heterocycles. The Bertz CT molecular complexity index is 1520. The van der Waals surface area contributed by atoms with Crippen LogP contribution in [0.15, 0.2) is 66.7 Å². The summed E-state index contributed by atoms with van der Waals surface area (Å²) in [7, 11) is -4.17. The Hall–Kier alpha value is -3.48. The van der Waals surface area contributed by atoms with Gasteiger partial charge in [-0.15, -0.1) is 11.3 Å². The molecule has 11 heteroatoms. The van der Waals surface area contributed by atoms with E-state index in [4.69, 9.17) is 17.7 Å². The number of phenolic OH excluding ortho intramolecular Hbond substituents is 2. The fourth-order valence-corrected chi connectivity index (χ4v) is 5.69. The number of benzene rings is 3. The fraction of sp³-hybridized carbons (Fsp3) is 0.250. The molecule has 1 saturated heterocycles. The lowest BCUT2D eigenvalue weighted by Gasteiger charge is -2.26. The summed E-state index contributed by atoms with van der Waals surface area (Å²) in [4.78, 5) is 16.9. The molecule has 0 amide bonds. The molecule has 39 heavy (non-hydrogen) atoms. The van der Waals surface area contributed by atoms with Crippen molar-refractivity contribution in [3.05, 3.63) is 77.9 Å². The van der Waals surface area contributed by atoms with Crippen molar-refractivity contribution in [3.8, 4) is 27.7 Å². The zero-order valence-electron chi connectivity index (χ0n) is 21.1. The zero-order valence-corrected chi connectivity index (χ0v) is 22.7. The predicted molar refractivity (Wildman–Crippen MR) is 152 cm³/mol. The standard InChI is InChI=1S/C28H27NO4S.H3NO3S/c30-21-8-4-20(5-9-21)28-26(24-13-10-22(31)18-25(24)34-28)27(32)19-6-11-23(12-7-19)33-17-16-29-14-2-1-3-15-29;1-5(2,3)4/h4-13,18,30-31H,1-3,14-17H2;(H3,1,2,3,4). The Morgan fingerprint density at radius 2 is 1.54 bits per heavy atom. The molecule has 0 aliphatic carbocycles. The number of likely N-dealkylation sites (tertiary alicyclic amines) is 1. The summed E-state index contributed by atoms with van der Waals surface area (Å²) >= 11 is 1.46. The van der Waals surface area contributed by atoms with Crippen LogP contribution in [0, 0.1) is 0 Å². The van der Waals surface area contributed by atoms with Crippen molar-refractivity contribution in [1.82, 2.24) is 4.90 Å². The van der Waals surface area contributed by atoms with Crippen molar-refractivity contribution < 1.29 is 32.7 Å². The van der Waals surface area contributed by atoms with E-state index in [1.54, 1.807) is 42.5 Å². The predicted octanol–water partition coefficient (Wildman–Crippen LogP) is 4.82. The number of hydrogen-bond donors (Lipinski definition) is 4. The van der Waals surface area contributed by atoms with Crippen LogP contribution in [0.3, 0.4) is 0 Å². The Morgan fingerprint density at radius 3 is 2.18 bits per heavy atom. The van der Waals surface area contributed by atoms with Crippen LogP contribution in [0.4, 0.5) is 0 Å².